The second-order valence-electron chi connectivity index (χ2n) is 7.72. The number of rotatable bonds is 1. The highest BCUT2D eigenvalue weighted by molar-refractivity contribution is 5.56. The molecule has 0 aromatic heterocycles. The summed E-state index contributed by atoms with van der Waals surface area (Å²) in [7, 11) is 0. The summed E-state index contributed by atoms with van der Waals surface area (Å²) >= 11 is 0. The van der Waals surface area contributed by atoms with Gasteiger partial charge in [0.2, 0.25) is 0 Å². The van der Waals surface area contributed by atoms with E-state index in [1.165, 1.54) is 29.7 Å². The van der Waals surface area contributed by atoms with Gasteiger partial charge in [0.05, 0.1) is 11.2 Å². The molecule has 2 aliphatic heterocycles. The van der Waals surface area contributed by atoms with Gasteiger partial charge in [0.1, 0.15) is 0 Å². The van der Waals surface area contributed by atoms with Crippen LogP contribution >= 0.6 is 0 Å². The van der Waals surface area contributed by atoms with E-state index in [9.17, 15) is 0 Å². The molecule has 0 radical (unpaired) electrons. The molecule has 20 heavy (non-hydrogen) atoms. The van der Waals surface area contributed by atoms with E-state index in [4.69, 9.17) is 4.74 Å². The summed E-state index contributed by atoms with van der Waals surface area (Å²) in [4.78, 5) is 0. The molecule has 2 aliphatic rings. The van der Waals surface area contributed by atoms with E-state index in [0.29, 0.717) is 12.0 Å². The normalized spacial score (nSPS) is 30.6. The van der Waals surface area contributed by atoms with Gasteiger partial charge in [0, 0.05) is 17.6 Å². The third-order valence-corrected chi connectivity index (χ3v) is 4.85. The second-order valence-corrected chi connectivity index (χ2v) is 7.72. The molecule has 2 nitrogen and oxygen atoms in total. The Balaban J connectivity index is 1.92. The Morgan fingerprint density at radius 1 is 1.20 bits per heavy atom. The van der Waals surface area contributed by atoms with Crippen molar-refractivity contribution in [2.45, 2.75) is 77.0 Å². The van der Waals surface area contributed by atoms with Gasteiger partial charge >= 0.3 is 0 Å². The van der Waals surface area contributed by atoms with Crippen LogP contribution in [0.3, 0.4) is 0 Å². The van der Waals surface area contributed by atoms with Crippen LogP contribution in [0.5, 0.6) is 0 Å². The molecule has 2 unspecified atom stereocenters. The Morgan fingerprint density at radius 3 is 2.60 bits per heavy atom. The Bertz CT molecular complexity index is 518. The van der Waals surface area contributed by atoms with E-state index in [1.807, 2.05) is 0 Å². The fraction of sp³-hybridized carbons (Fsp3) is 0.667. The van der Waals surface area contributed by atoms with Crippen LogP contribution in [0.15, 0.2) is 18.2 Å². The van der Waals surface area contributed by atoms with E-state index in [2.05, 4.69) is 58.1 Å². The highest BCUT2D eigenvalue weighted by Crippen LogP contribution is 2.48. The smallest absolute Gasteiger partial charge is 0.0703 e. The minimum absolute atomic E-state index is 0.0170. The van der Waals surface area contributed by atoms with Crippen LogP contribution in [-0.2, 0) is 11.2 Å². The van der Waals surface area contributed by atoms with E-state index in [-0.39, 0.29) is 11.2 Å². The van der Waals surface area contributed by atoms with Gasteiger partial charge in [-0.05, 0) is 71.1 Å². The Hall–Kier alpha value is -1.02. The van der Waals surface area contributed by atoms with Gasteiger partial charge < -0.3 is 10.1 Å². The van der Waals surface area contributed by atoms with Crippen molar-refractivity contribution < 1.29 is 4.74 Å². The van der Waals surface area contributed by atoms with Crippen LogP contribution < -0.4 is 5.32 Å². The lowest BCUT2D eigenvalue weighted by Crippen LogP contribution is -2.28. The quantitative estimate of drug-likeness (QED) is 0.813. The van der Waals surface area contributed by atoms with E-state index in [0.717, 1.165) is 6.42 Å². The molecule has 3 rings (SSSR count). The minimum atomic E-state index is -0.0763. The summed E-state index contributed by atoms with van der Waals surface area (Å²) in [5.74, 6) is 0.488. The number of benzene rings is 1. The highest BCUT2D eigenvalue weighted by Gasteiger charge is 2.46. The van der Waals surface area contributed by atoms with E-state index < -0.39 is 0 Å². The highest BCUT2D eigenvalue weighted by atomic mass is 16.5. The van der Waals surface area contributed by atoms with Gasteiger partial charge in [0.15, 0.2) is 0 Å². The SMILES string of the molecule is CC1CCc2cc(C3CC(C)(C)OC3(C)C)ccc2N1. The monoisotopic (exact) mass is 273 g/mol. The molecule has 0 amide bonds. The summed E-state index contributed by atoms with van der Waals surface area (Å²) in [5.41, 5.74) is 4.14. The van der Waals surface area contributed by atoms with Crippen molar-refractivity contribution >= 4 is 5.69 Å². The van der Waals surface area contributed by atoms with Gasteiger partial charge in [-0.3, -0.25) is 0 Å². The third kappa shape index (κ3) is 2.46. The lowest BCUT2D eigenvalue weighted by molar-refractivity contribution is -0.0680. The number of hydrogen-bond donors (Lipinski definition) is 1. The molecular weight excluding hydrogens is 246 g/mol. The van der Waals surface area contributed by atoms with Crippen LogP contribution in [0.2, 0.25) is 0 Å². The van der Waals surface area contributed by atoms with Crippen LogP contribution in [-0.4, -0.2) is 17.2 Å². The van der Waals surface area contributed by atoms with Crippen LogP contribution in [0.1, 0.15) is 64.5 Å². The van der Waals surface area contributed by atoms with E-state index in [1.54, 1.807) is 0 Å². The molecule has 1 fully saturated rings. The van der Waals surface area contributed by atoms with Crippen LogP contribution in [0, 0.1) is 0 Å². The third-order valence-electron chi connectivity index (χ3n) is 4.85. The van der Waals surface area contributed by atoms with Gasteiger partial charge in [0.25, 0.3) is 0 Å². The molecular formula is C18H27NO. The van der Waals surface area contributed by atoms with Gasteiger partial charge in [-0.25, -0.2) is 0 Å². The number of hydrogen-bond acceptors (Lipinski definition) is 2. The van der Waals surface area contributed by atoms with Crippen LogP contribution in [0.25, 0.3) is 0 Å². The molecule has 0 bridgehead atoms. The zero-order valence-corrected chi connectivity index (χ0v) is 13.4. The van der Waals surface area contributed by atoms with E-state index >= 15 is 0 Å². The standard InChI is InChI=1S/C18H27NO/c1-12-6-7-14-10-13(8-9-16(14)19-12)15-11-17(2,3)20-18(15,4)5/h8-10,12,15,19H,6-7,11H2,1-5H3. The average molecular weight is 273 g/mol. The second kappa shape index (κ2) is 4.49. The summed E-state index contributed by atoms with van der Waals surface area (Å²) in [5, 5.41) is 3.58. The van der Waals surface area contributed by atoms with Crippen molar-refractivity contribution in [3.8, 4) is 0 Å². The summed E-state index contributed by atoms with van der Waals surface area (Å²) < 4.78 is 6.25. The number of aryl methyl sites for hydroxylation is 1. The minimum Gasteiger partial charge on any atom is -0.382 e. The Morgan fingerprint density at radius 2 is 1.95 bits per heavy atom. The summed E-state index contributed by atoms with van der Waals surface area (Å²) in [6, 6.07) is 7.56. The molecule has 2 heterocycles. The summed E-state index contributed by atoms with van der Waals surface area (Å²) in [6.45, 7) is 11.1. The fourth-order valence-corrected chi connectivity index (χ4v) is 3.97. The maximum Gasteiger partial charge on any atom is 0.0703 e. The molecule has 0 aliphatic carbocycles. The molecule has 1 N–H and O–H groups in total. The van der Waals surface area contributed by atoms with Crippen LogP contribution in [0.4, 0.5) is 5.69 Å². The van der Waals surface area contributed by atoms with Crippen molar-refractivity contribution in [1.29, 1.82) is 0 Å². The molecule has 1 saturated heterocycles. The first-order valence-corrected chi connectivity index (χ1v) is 7.86. The number of anilines is 1. The first-order valence-electron chi connectivity index (χ1n) is 7.86. The average Bonchev–Trinajstić information content (AvgIpc) is 2.56. The van der Waals surface area contributed by atoms with Crippen molar-refractivity contribution in [2.75, 3.05) is 5.32 Å². The van der Waals surface area contributed by atoms with Gasteiger partial charge in [-0.2, -0.15) is 0 Å². The molecule has 110 valence electrons. The molecule has 0 saturated carbocycles. The summed E-state index contributed by atoms with van der Waals surface area (Å²) in [6.07, 6.45) is 3.52. The molecule has 2 heteroatoms. The molecule has 1 aromatic rings. The zero-order valence-electron chi connectivity index (χ0n) is 13.4. The maximum absolute atomic E-state index is 6.25. The fourth-order valence-electron chi connectivity index (χ4n) is 3.97. The molecule has 0 spiro atoms. The number of nitrogens with one attached hydrogen (secondary N) is 1. The molecule has 2 atom stereocenters. The maximum atomic E-state index is 6.25. The van der Waals surface area contributed by atoms with Crippen molar-refractivity contribution in [3.63, 3.8) is 0 Å². The first-order chi connectivity index (χ1) is 9.27. The van der Waals surface area contributed by atoms with Crippen molar-refractivity contribution in [2.24, 2.45) is 0 Å². The Kier molecular flexibility index (Phi) is 3.13. The zero-order chi connectivity index (χ0) is 14.5. The lowest BCUT2D eigenvalue weighted by atomic mass is 9.80. The topological polar surface area (TPSA) is 21.3 Å². The van der Waals surface area contributed by atoms with Crippen molar-refractivity contribution in [1.82, 2.24) is 0 Å². The largest absolute Gasteiger partial charge is 0.382 e. The van der Waals surface area contributed by atoms with Crippen molar-refractivity contribution in [3.05, 3.63) is 29.3 Å². The first kappa shape index (κ1) is 13.9. The number of fused-ring (bicyclic) bond motifs is 1. The lowest BCUT2D eigenvalue weighted by Gasteiger charge is -2.29. The number of ether oxygens (including phenoxy) is 1. The van der Waals surface area contributed by atoms with Gasteiger partial charge in [-0.1, -0.05) is 12.1 Å². The van der Waals surface area contributed by atoms with Gasteiger partial charge in [-0.15, -0.1) is 0 Å². The Labute approximate surface area is 122 Å². The predicted molar refractivity (Wildman–Crippen MR) is 84.4 cm³/mol. The predicted octanol–water partition coefficient (Wildman–Crippen LogP) is 4.49. The molecule has 1 aromatic carbocycles.